The molecule has 4 aromatic rings. The Morgan fingerprint density at radius 1 is 1.06 bits per heavy atom. The third-order valence-corrected chi connectivity index (χ3v) is 5.54. The summed E-state index contributed by atoms with van der Waals surface area (Å²) < 4.78 is 81.3. The van der Waals surface area contributed by atoms with Gasteiger partial charge in [-0.1, -0.05) is 20.8 Å². The Bertz CT molecular complexity index is 1290. The average molecular weight is 474 g/mol. The van der Waals surface area contributed by atoms with Crippen molar-refractivity contribution in [2.75, 3.05) is 5.75 Å². The van der Waals surface area contributed by atoms with Gasteiger partial charge in [0, 0.05) is 25.1 Å². The first kappa shape index (κ1) is 23.7. The Morgan fingerprint density at radius 3 is 2.34 bits per heavy atom. The van der Waals surface area contributed by atoms with Gasteiger partial charge in [-0.15, -0.1) is 5.10 Å². The number of alkyl halides is 5. The number of pyridine rings is 1. The van der Waals surface area contributed by atoms with Gasteiger partial charge in [0.15, 0.2) is 22.1 Å². The molecule has 0 aliphatic carbocycles. The summed E-state index contributed by atoms with van der Waals surface area (Å²) in [4.78, 5) is 8.23. The highest BCUT2D eigenvalue weighted by atomic mass is 32.2. The van der Waals surface area contributed by atoms with E-state index in [0.717, 1.165) is 39.6 Å². The number of aromatic nitrogens is 6. The predicted octanol–water partition coefficient (Wildman–Crippen LogP) is 4.72. The lowest BCUT2D eigenvalue weighted by Crippen LogP contribution is -2.14. The molecule has 1 unspecified atom stereocenters. The van der Waals surface area contributed by atoms with Gasteiger partial charge in [-0.25, -0.2) is 19.0 Å². The number of nitrogens with zero attached hydrogens (tertiary/aromatic N) is 6. The van der Waals surface area contributed by atoms with E-state index < -0.39 is 34.2 Å². The standard InChI is InChI=1S/C17H13F5N6OS.C2H6/c1-3-30(29)15-12(14-23-7-6-10(16(2,18)19)28(14)26-15)13-24-11-5-4-9(17(20,21)22)8-27(11)25-13;1-2/h4-8H,3H2,1-2H3;1-2H3. The molecular formula is C19H19F5N6OS. The Morgan fingerprint density at radius 2 is 1.75 bits per heavy atom. The summed E-state index contributed by atoms with van der Waals surface area (Å²) >= 11 is 0. The normalized spacial score (nSPS) is 13.3. The van der Waals surface area contributed by atoms with E-state index in [-0.39, 0.29) is 33.5 Å². The fraction of sp³-hybridized carbons (Fsp3) is 0.368. The molecule has 4 heterocycles. The van der Waals surface area contributed by atoms with Gasteiger partial charge < -0.3 is 0 Å². The second-order valence-corrected chi connectivity index (χ2v) is 8.08. The van der Waals surface area contributed by atoms with Crippen molar-refractivity contribution in [3.05, 3.63) is 41.9 Å². The minimum absolute atomic E-state index is 0.0264. The third kappa shape index (κ3) is 4.20. The second kappa shape index (κ2) is 8.52. The van der Waals surface area contributed by atoms with Crippen LogP contribution in [-0.4, -0.2) is 39.2 Å². The Hall–Kier alpha value is -2.96. The van der Waals surface area contributed by atoms with Crippen LogP contribution in [-0.2, 0) is 22.9 Å². The quantitative estimate of drug-likeness (QED) is 0.400. The van der Waals surface area contributed by atoms with Crippen LogP contribution in [0.3, 0.4) is 0 Å². The fourth-order valence-corrected chi connectivity index (χ4v) is 3.76. The van der Waals surface area contributed by atoms with Crippen LogP contribution in [0.2, 0.25) is 0 Å². The lowest BCUT2D eigenvalue weighted by Gasteiger charge is -2.11. The molecule has 4 rings (SSSR count). The van der Waals surface area contributed by atoms with Crippen molar-refractivity contribution in [2.45, 2.75) is 44.8 Å². The topological polar surface area (TPSA) is 77.5 Å². The highest BCUT2D eigenvalue weighted by molar-refractivity contribution is 7.85. The van der Waals surface area contributed by atoms with Gasteiger partial charge in [0.05, 0.1) is 16.4 Å². The molecule has 172 valence electrons. The summed E-state index contributed by atoms with van der Waals surface area (Å²) in [5.41, 5.74) is -1.38. The molecule has 0 bridgehead atoms. The Balaban J connectivity index is 0.00000141. The van der Waals surface area contributed by atoms with Crippen molar-refractivity contribution in [3.63, 3.8) is 0 Å². The molecule has 0 spiro atoms. The first-order valence-corrected chi connectivity index (χ1v) is 10.9. The van der Waals surface area contributed by atoms with Crippen molar-refractivity contribution in [2.24, 2.45) is 0 Å². The van der Waals surface area contributed by atoms with Crippen LogP contribution in [0, 0.1) is 0 Å². The van der Waals surface area contributed by atoms with E-state index in [1.54, 1.807) is 6.92 Å². The maximum atomic E-state index is 14.0. The maximum absolute atomic E-state index is 14.0. The lowest BCUT2D eigenvalue weighted by molar-refractivity contribution is -0.137. The van der Waals surface area contributed by atoms with Crippen molar-refractivity contribution in [1.29, 1.82) is 0 Å². The molecule has 0 N–H and O–H groups in total. The number of halogens is 5. The van der Waals surface area contributed by atoms with Crippen LogP contribution >= 0.6 is 0 Å². The van der Waals surface area contributed by atoms with Gasteiger partial charge in [0.2, 0.25) is 0 Å². The van der Waals surface area contributed by atoms with Gasteiger partial charge in [-0.3, -0.25) is 4.21 Å². The molecule has 1 atom stereocenters. The molecule has 13 heteroatoms. The van der Waals surface area contributed by atoms with Gasteiger partial charge in [-0.05, 0) is 18.2 Å². The summed E-state index contributed by atoms with van der Waals surface area (Å²) in [6.45, 7) is 6.29. The lowest BCUT2D eigenvalue weighted by atomic mass is 10.2. The van der Waals surface area contributed by atoms with E-state index in [0.29, 0.717) is 6.92 Å². The van der Waals surface area contributed by atoms with Crippen LogP contribution in [0.15, 0.2) is 35.6 Å². The summed E-state index contributed by atoms with van der Waals surface area (Å²) in [6.07, 6.45) is -2.68. The largest absolute Gasteiger partial charge is 0.417 e. The Labute approximate surface area is 181 Å². The minimum Gasteiger partial charge on any atom is -0.253 e. The molecule has 0 aliphatic heterocycles. The zero-order valence-corrected chi connectivity index (χ0v) is 18.3. The second-order valence-electron chi connectivity index (χ2n) is 6.42. The zero-order chi connectivity index (χ0) is 23.8. The van der Waals surface area contributed by atoms with Crippen molar-refractivity contribution < 1.29 is 26.2 Å². The van der Waals surface area contributed by atoms with Gasteiger partial charge in [-0.2, -0.15) is 27.1 Å². The number of hydrogen-bond acceptors (Lipinski definition) is 5. The van der Waals surface area contributed by atoms with E-state index in [9.17, 15) is 26.2 Å². The van der Waals surface area contributed by atoms with Crippen LogP contribution < -0.4 is 0 Å². The van der Waals surface area contributed by atoms with E-state index in [2.05, 4.69) is 20.2 Å². The fourth-order valence-electron chi connectivity index (χ4n) is 2.91. The van der Waals surface area contributed by atoms with Crippen molar-refractivity contribution in [1.82, 2.24) is 29.2 Å². The molecule has 0 saturated heterocycles. The van der Waals surface area contributed by atoms with E-state index in [1.807, 2.05) is 13.8 Å². The molecule has 0 radical (unpaired) electrons. The Kier molecular flexibility index (Phi) is 6.31. The highest BCUT2D eigenvalue weighted by Crippen LogP contribution is 2.33. The average Bonchev–Trinajstić information content (AvgIpc) is 3.33. The number of rotatable bonds is 4. The summed E-state index contributed by atoms with van der Waals surface area (Å²) in [5, 5.41) is 8.02. The smallest absolute Gasteiger partial charge is 0.253 e. The number of hydrogen-bond donors (Lipinski definition) is 0. The first-order valence-electron chi connectivity index (χ1n) is 9.59. The van der Waals surface area contributed by atoms with Crippen molar-refractivity contribution >= 4 is 22.1 Å². The van der Waals surface area contributed by atoms with Crippen molar-refractivity contribution in [3.8, 4) is 11.4 Å². The molecule has 7 nitrogen and oxygen atoms in total. The highest BCUT2D eigenvalue weighted by Gasteiger charge is 2.33. The molecular weight excluding hydrogens is 455 g/mol. The summed E-state index contributed by atoms with van der Waals surface area (Å²) in [5.74, 6) is -3.27. The monoisotopic (exact) mass is 474 g/mol. The molecule has 0 saturated carbocycles. The number of fused-ring (bicyclic) bond motifs is 2. The zero-order valence-electron chi connectivity index (χ0n) is 17.5. The van der Waals surface area contributed by atoms with Crippen LogP contribution in [0.1, 0.15) is 39.0 Å². The molecule has 32 heavy (non-hydrogen) atoms. The predicted molar refractivity (Wildman–Crippen MR) is 108 cm³/mol. The minimum atomic E-state index is -4.58. The third-order valence-electron chi connectivity index (χ3n) is 4.30. The summed E-state index contributed by atoms with van der Waals surface area (Å²) in [6, 6.07) is 3.05. The van der Waals surface area contributed by atoms with E-state index in [4.69, 9.17) is 0 Å². The molecule has 4 aromatic heterocycles. The molecule has 0 aromatic carbocycles. The van der Waals surface area contributed by atoms with Gasteiger partial charge in [0.25, 0.3) is 5.92 Å². The van der Waals surface area contributed by atoms with Gasteiger partial charge >= 0.3 is 6.18 Å². The van der Waals surface area contributed by atoms with Crippen LogP contribution in [0.5, 0.6) is 0 Å². The van der Waals surface area contributed by atoms with E-state index in [1.165, 1.54) is 0 Å². The van der Waals surface area contributed by atoms with Gasteiger partial charge in [0.1, 0.15) is 11.3 Å². The SMILES string of the molecule is CC.CCS(=O)c1nn2c(C(C)(F)F)ccnc2c1-c1nc2ccc(C(F)(F)F)cn2n1. The molecule has 0 aliphatic rings. The van der Waals surface area contributed by atoms with Crippen LogP contribution in [0.25, 0.3) is 22.7 Å². The van der Waals surface area contributed by atoms with E-state index >= 15 is 0 Å². The summed E-state index contributed by atoms with van der Waals surface area (Å²) in [7, 11) is -1.70. The first-order chi connectivity index (χ1) is 15.0. The molecule has 0 fully saturated rings. The molecule has 0 amide bonds. The van der Waals surface area contributed by atoms with Crippen LogP contribution in [0.4, 0.5) is 22.0 Å². The maximum Gasteiger partial charge on any atom is 0.417 e.